The molecular weight excluding hydrogens is 356 g/mol. The van der Waals surface area contributed by atoms with Gasteiger partial charge in [0.2, 0.25) is 0 Å². The molecule has 0 aliphatic heterocycles. The van der Waals surface area contributed by atoms with Crippen LogP contribution in [0.2, 0.25) is 0 Å². The molecule has 1 aromatic heterocycles. The number of carbonyl (C=O) groups excluding carboxylic acids is 1. The summed E-state index contributed by atoms with van der Waals surface area (Å²) >= 11 is 0. The Morgan fingerprint density at radius 2 is 1.86 bits per heavy atom. The van der Waals surface area contributed by atoms with Crippen molar-refractivity contribution in [1.29, 1.82) is 0 Å². The highest BCUT2D eigenvalue weighted by Crippen LogP contribution is 2.23. The van der Waals surface area contributed by atoms with E-state index < -0.39 is 4.92 Å². The number of nitro benzene ring substituents is 1. The molecule has 1 amide bonds. The van der Waals surface area contributed by atoms with Crippen molar-refractivity contribution in [1.82, 2.24) is 9.99 Å². The smallest absolute Gasteiger partial charge is 0.271 e. The second-order valence-electron chi connectivity index (χ2n) is 6.51. The van der Waals surface area contributed by atoms with E-state index in [-0.39, 0.29) is 11.6 Å². The number of hydrazone groups is 1. The van der Waals surface area contributed by atoms with Gasteiger partial charge in [0.1, 0.15) is 0 Å². The highest BCUT2D eigenvalue weighted by atomic mass is 16.6. The van der Waals surface area contributed by atoms with Crippen LogP contribution in [-0.2, 0) is 0 Å². The van der Waals surface area contributed by atoms with Gasteiger partial charge in [-0.15, -0.1) is 0 Å². The summed E-state index contributed by atoms with van der Waals surface area (Å²) in [7, 11) is 0. The predicted octanol–water partition coefficient (Wildman–Crippen LogP) is 4.07. The van der Waals surface area contributed by atoms with E-state index in [0.29, 0.717) is 11.3 Å². The number of hydrogen-bond donors (Lipinski definition) is 1. The van der Waals surface area contributed by atoms with E-state index in [2.05, 4.69) is 10.5 Å². The number of aromatic nitrogens is 1. The van der Waals surface area contributed by atoms with Gasteiger partial charge < -0.3 is 4.57 Å². The largest absolute Gasteiger partial charge is 0.318 e. The van der Waals surface area contributed by atoms with Gasteiger partial charge in [-0.2, -0.15) is 5.10 Å². The molecule has 0 radical (unpaired) electrons. The van der Waals surface area contributed by atoms with E-state index >= 15 is 0 Å². The minimum absolute atomic E-state index is 0.0330. The van der Waals surface area contributed by atoms with Gasteiger partial charge in [0.15, 0.2) is 0 Å². The number of nitro groups is 1. The summed E-state index contributed by atoms with van der Waals surface area (Å²) in [4.78, 5) is 22.8. The van der Waals surface area contributed by atoms with E-state index in [1.807, 2.05) is 49.6 Å². The molecule has 7 heteroatoms. The number of non-ortho nitro benzene ring substituents is 1. The maximum atomic E-state index is 12.2. The summed E-state index contributed by atoms with van der Waals surface area (Å²) in [6, 6.07) is 15.6. The van der Waals surface area contributed by atoms with Gasteiger partial charge in [-0.3, -0.25) is 14.9 Å². The zero-order valence-electron chi connectivity index (χ0n) is 15.8. The summed E-state index contributed by atoms with van der Waals surface area (Å²) in [6.45, 7) is 5.73. The third-order valence-electron chi connectivity index (χ3n) is 4.42. The molecule has 3 aromatic rings. The van der Waals surface area contributed by atoms with E-state index in [4.69, 9.17) is 0 Å². The first-order chi connectivity index (χ1) is 13.4. The lowest BCUT2D eigenvalue weighted by atomic mass is 10.1. The first-order valence-electron chi connectivity index (χ1n) is 8.70. The molecule has 142 valence electrons. The minimum Gasteiger partial charge on any atom is -0.318 e. The van der Waals surface area contributed by atoms with E-state index in [9.17, 15) is 14.9 Å². The Hall–Kier alpha value is -3.74. The fourth-order valence-electron chi connectivity index (χ4n) is 3.07. The molecular formula is C21H20N4O3. The third kappa shape index (κ3) is 3.98. The monoisotopic (exact) mass is 376 g/mol. The van der Waals surface area contributed by atoms with Crippen molar-refractivity contribution in [3.63, 3.8) is 0 Å². The van der Waals surface area contributed by atoms with Crippen molar-refractivity contribution < 1.29 is 9.72 Å². The Balaban J connectivity index is 1.82. The average Bonchev–Trinajstić information content (AvgIpc) is 2.95. The van der Waals surface area contributed by atoms with Crippen LogP contribution < -0.4 is 5.43 Å². The van der Waals surface area contributed by atoms with E-state index in [1.54, 1.807) is 24.4 Å². The summed E-state index contributed by atoms with van der Waals surface area (Å²) < 4.78 is 1.91. The molecule has 7 nitrogen and oxygen atoms in total. The van der Waals surface area contributed by atoms with Crippen LogP contribution in [0, 0.1) is 30.9 Å². The molecule has 0 aliphatic rings. The van der Waals surface area contributed by atoms with Crippen molar-refractivity contribution in [2.45, 2.75) is 20.8 Å². The summed E-state index contributed by atoms with van der Waals surface area (Å²) in [5, 5.41) is 15.1. The van der Waals surface area contributed by atoms with Crippen LogP contribution >= 0.6 is 0 Å². The average molecular weight is 376 g/mol. The highest BCUT2D eigenvalue weighted by Gasteiger charge is 2.13. The topological polar surface area (TPSA) is 89.5 Å². The van der Waals surface area contributed by atoms with Crippen LogP contribution in [-0.4, -0.2) is 21.6 Å². The number of nitrogens with zero attached hydrogens (tertiary/aromatic N) is 3. The van der Waals surface area contributed by atoms with Crippen LogP contribution in [0.4, 0.5) is 5.69 Å². The summed E-state index contributed by atoms with van der Waals surface area (Å²) in [5.74, 6) is -0.285. The predicted molar refractivity (Wildman–Crippen MR) is 108 cm³/mol. The molecule has 0 spiro atoms. The summed E-state index contributed by atoms with van der Waals surface area (Å²) in [6.07, 6.45) is 1.57. The van der Waals surface area contributed by atoms with Crippen LogP contribution in [0.15, 0.2) is 59.7 Å². The molecule has 0 atom stereocenters. The standard InChI is InChI=1S/C21H20N4O3/c1-14-6-4-7-17(10-14)21(26)23-22-13-18-11-15(2)24(16(18)3)19-8-5-9-20(12-19)25(27)28/h4-13H,1-3H3,(H,23,26)/b22-13-. The Morgan fingerprint density at radius 1 is 1.11 bits per heavy atom. The Morgan fingerprint density at radius 3 is 2.57 bits per heavy atom. The van der Waals surface area contributed by atoms with Gasteiger partial charge in [-0.1, -0.05) is 23.8 Å². The fourth-order valence-corrected chi connectivity index (χ4v) is 3.07. The number of nitrogens with one attached hydrogen (secondary N) is 1. The van der Waals surface area contributed by atoms with Gasteiger partial charge >= 0.3 is 0 Å². The first-order valence-corrected chi connectivity index (χ1v) is 8.70. The number of carbonyl (C=O) groups is 1. The van der Waals surface area contributed by atoms with E-state index in [0.717, 1.165) is 22.5 Å². The van der Waals surface area contributed by atoms with Gasteiger partial charge in [0.25, 0.3) is 11.6 Å². The molecule has 0 saturated heterocycles. The maximum absolute atomic E-state index is 12.2. The lowest BCUT2D eigenvalue weighted by molar-refractivity contribution is -0.384. The number of aryl methyl sites for hydroxylation is 2. The van der Waals surface area contributed by atoms with Gasteiger partial charge in [-0.25, -0.2) is 5.43 Å². The van der Waals surface area contributed by atoms with Gasteiger partial charge in [-0.05, 0) is 45.0 Å². The lowest BCUT2D eigenvalue weighted by Gasteiger charge is -2.09. The molecule has 0 unspecified atom stereocenters. The summed E-state index contributed by atoms with van der Waals surface area (Å²) in [5.41, 5.74) is 7.39. The molecule has 1 heterocycles. The number of amides is 1. The van der Waals surface area contributed by atoms with Crippen molar-refractivity contribution in [3.05, 3.63) is 92.8 Å². The molecule has 2 aromatic carbocycles. The number of benzene rings is 2. The maximum Gasteiger partial charge on any atom is 0.271 e. The fraction of sp³-hybridized carbons (Fsp3) is 0.143. The third-order valence-corrected chi connectivity index (χ3v) is 4.42. The van der Waals surface area contributed by atoms with Crippen LogP contribution in [0.5, 0.6) is 0 Å². The number of hydrogen-bond acceptors (Lipinski definition) is 4. The van der Waals surface area contributed by atoms with Gasteiger partial charge in [0.05, 0.1) is 16.8 Å². The van der Waals surface area contributed by atoms with Crippen LogP contribution in [0.1, 0.15) is 32.9 Å². The molecule has 0 aliphatic carbocycles. The molecule has 0 fully saturated rings. The van der Waals surface area contributed by atoms with Crippen LogP contribution in [0.25, 0.3) is 5.69 Å². The number of rotatable bonds is 5. The zero-order valence-corrected chi connectivity index (χ0v) is 15.8. The lowest BCUT2D eigenvalue weighted by Crippen LogP contribution is -2.17. The van der Waals surface area contributed by atoms with Crippen molar-refractivity contribution >= 4 is 17.8 Å². The molecule has 28 heavy (non-hydrogen) atoms. The van der Waals surface area contributed by atoms with Crippen molar-refractivity contribution in [2.24, 2.45) is 5.10 Å². The second-order valence-corrected chi connectivity index (χ2v) is 6.51. The molecule has 3 rings (SSSR count). The van der Waals surface area contributed by atoms with Crippen LogP contribution in [0.3, 0.4) is 0 Å². The Kier molecular flexibility index (Phi) is 5.35. The first kappa shape index (κ1) is 19.0. The normalized spacial score (nSPS) is 11.0. The quantitative estimate of drug-likeness (QED) is 0.413. The molecule has 1 N–H and O–H groups in total. The van der Waals surface area contributed by atoms with Gasteiger partial charge in [0, 0.05) is 34.6 Å². The van der Waals surface area contributed by atoms with E-state index in [1.165, 1.54) is 12.1 Å². The van der Waals surface area contributed by atoms with Crippen molar-refractivity contribution in [3.8, 4) is 5.69 Å². The second kappa shape index (κ2) is 7.87. The zero-order chi connectivity index (χ0) is 20.3. The molecule has 0 bridgehead atoms. The van der Waals surface area contributed by atoms with Crippen molar-refractivity contribution in [2.75, 3.05) is 0 Å². The minimum atomic E-state index is -0.416. The molecule has 0 saturated carbocycles. The SMILES string of the molecule is Cc1cccc(C(=O)N/N=C\c2cc(C)n(-c3cccc([N+](=O)[O-])c3)c2C)c1. The highest BCUT2D eigenvalue weighted by molar-refractivity contribution is 5.95. The Bertz CT molecular complexity index is 1080. The Labute approximate surface area is 162 Å².